The molecule has 0 aromatic heterocycles. The van der Waals surface area contributed by atoms with Crippen molar-refractivity contribution in [3.63, 3.8) is 0 Å². The number of nitriles is 1. The van der Waals surface area contributed by atoms with Crippen LogP contribution in [-0.4, -0.2) is 5.78 Å². The Labute approximate surface area is 130 Å². The maximum atomic E-state index is 13.7. The Kier molecular flexibility index (Phi) is 4.71. The molecule has 0 amide bonds. The van der Waals surface area contributed by atoms with Gasteiger partial charge in [0.15, 0.2) is 5.78 Å². The lowest BCUT2D eigenvalue weighted by Gasteiger charge is -2.10. The monoisotopic (exact) mass is 346 g/mol. The number of nitrogens with one attached hydrogen (secondary N) is 1. The number of nitrogens with zero attached hydrogens (tertiary/aromatic N) is 1. The van der Waals surface area contributed by atoms with E-state index in [1.807, 2.05) is 6.07 Å². The minimum Gasteiger partial charge on any atom is -0.380 e. The van der Waals surface area contributed by atoms with Gasteiger partial charge in [-0.25, -0.2) is 4.39 Å². The average Bonchev–Trinajstić information content (AvgIpc) is 2.47. The Bertz CT molecular complexity index is 738. The fraction of sp³-hybridized carbons (Fsp3) is 0.125. The van der Waals surface area contributed by atoms with Gasteiger partial charge in [-0.3, -0.25) is 4.79 Å². The van der Waals surface area contributed by atoms with Gasteiger partial charge in [-0.05, 0) is 43.3 Å². The van der Waals surface area contributed by atoms with Crippen LogP contribution in [0.1, 0.15) is 28.4 Å². The van der Waals surface area contributed by atoms with Crippen molar-refractivity contribution in [1.29, 1.82) is 5.26 Å². The zero-order valence-corrected chi connectivity index (χ0v) is 12.9. The fourth-order valence-electron chi connectivity index (χ4n) is 1.88. The highest BCUT2D eigenvalue weighted by atomic mass is 79.9. The Balaban J connectivity index is 2.27. The number of Topliss-reactive ketones (excluding diaryl/α,β-unsaturated/α-hetero) is 1. The van der Waals surface area contributed by atoms with Crippen molar-refractivity contribution >= 4 is 27.4 Å². The molecule has 0 aliphatic heterocycles. The van der Waals surface area contributed by atoms with Gasteiger partial charge >= 0.3 is 0 Å². The summed E-state index contributed by atoms with van der Waals surface area (Å²) in [5.41, 5.74) is 1.91. The van der Waals surface area contributed by atoms with Crippen LogP contribution in [0.25, 0.3) is 0 Å². The standard InChI is InChI=1S/C16H12BrFN2O/c1-10(21)11-2-3-12(8-19)16(7-11)20-9-13-6-14(17)4-5-15(13)18/h2-7,20H,9H2,1H3. The van der Waals surface area contributed by atoms with Crippen molar-refractivity contribution in [1.82, 2.24) is 0 Å². The van der Waals surface area contributed by atoms with Crippen molar-refractivity contribution < 1.29 is 9.18 Å². The summed E-state index contributed by atoms with van der Waals surface area (Å²) in [5, 5.41) is 12.1. The summed E-state index contributed by atoms with van der Waals surface area (Å²) in [6.07, 6.45) is 0. The van der Waals surface area contributed by atoms with Crippen LogP contribution in [-0.2, 0) is 6.54 Å². The molecular formula is C16H12BrFN2O. The first-order valence-electron chi connectivity index (χ1n) is 6.24. The van der Waals surface area contributed by atoms with E-state index in [9.17, 15) is 9.18 Å². The predicted octanol–water partition coefficient (Wildman–Crippen LogP) is 4.27. The lowest BCUT2D eigenvalue weighted by molar-refractivity contribution is 0.101. The second-order valence-electron chi connectivity index (χ2n) is 4.52. The first-order valence-corrected chi connectivity index (χ1v) is 7.03. The summed E-state index contributed by atoms with van der Waals surface area (Å²) in [6, 6.07) is 11.5. The van der Waals surface area contributed by atoms with Crippen molar-refractivity contribution in [2.45, 2.75) is 13.5 Å². The van der Waals surface area contributed by atoms with Gasteiger partial charge in [0.05, 0.1) is 11.3 Å². The molecule has 0 unspecified atom stereocenters. The maximum absolute atomic E-state index is 13.7. The van der Waals surface area contributed by atoms with Crippen molar-refractivity contribution in [2.75, 3.05) is 5.32 Å². The topological polar surface area (TPSA) is 52.9 Å². The van der Waals surface area contributed by atoms with Crippen molar-refractivity contribution in [3.05, 3.63) is 63.4 Å². The molecule has 0 heterocycles. The van der Waals surface area contributed by atoms with Gasteiger partial charge in [-0.2, -0.15) is 5.26 Å². The number of ketones is 1. The van der Waals surface area contributed by atoms with E-state index < -0.39 is 0 Å². The van der Waals surface area contributed by atoms with E-state index in [4.69, 9.17) is 5.26 Å². The number of halogens is 2. The first-order chi connectivity index (χ1) is 10.0. The number of rotatable bonds is 4. The number of carbonyl (C=O) groups excluding carboxylic acids is 1. The zero-order chi connectivity index (χ0) is 15.4. The van der Waals surface area contributed by atoms with Crippen LogP contribution in [0.4, 0.5) is 10.1 Å². The molecule has 0 atom stereocenters. The number of carbonyl (C=O) groups is 1. The second-order valence-corrected chi connectivity index (χ2v) is 5.43. The number of hydrogen-bond donors (Lipinski definition) is 1. The predicted molar refractivity (Wildman–Crippen MR) is 82.6 cm³/mol. The third-order valence-electron chi connectivity index (χ3n) is 3.02. The minimum atomic E-state index is -0.327. The molecule has 0 aliphatic rings. The van der Waals surface area contributed by atoms with Gasteiger partial charge < -0.3 is 5.32 Å². The molecule has 2 aromatic carbocycles. The van der Waals surface area contributed by atoms with E-state index in [0.29, 0.717) is 22.4 Å². The third-order valence-corrected chi connectivity index (χ3v) is 3.52. The highest BCUT2D eigenvalue weighted by Crippen LogP contribution is 2.21. The van der Waals surface area contributed by atoms with E-state index in [1.54, 1.807) is 30.3 Å². The SMILES string of the molecule is CC(=O)c1ccc(C#N)c(NCc2cc(Br)ccc2F)c1. The molecule has 0 saturated heterocycles. The summed E-state index contributed by atoms with van der Waals surface area (Å²) in [5.74, 6) is -0.414. The largest absolute Gasteiger partial charge is 0.380 e. The molecule has 106 valence electrons. The molecule has 0 spiro atoms. The number of anilines is 1. The number of benzene rings is 2. The molecule has 0 radical (unpaired) electrons. The minimum absolute atomic E-state index is 0.0869. The van der Waals surface area contributed by atoms with E-state index in [-0.39, 0.29) is 18.1 Å². The third kappa shape index (κ3) is 3.67. The van der Waals surface area contributed by atoms with Crippen molar-refractivity contribution in [2.24, 2.45) is 0 Å². The normalized spacial score (nSPS) is 10.0. The van der Waals surface area contributed by atoms with Crippen LogP contribution in [0.15, 0.2) is 40.9 Å². The molecule has 0 fully saturated rings. The summed E-state index contributed by atoms with van der Waals surface area (Å²) in [7, 11) is 0. The Morgan fingerprint density at radius 2 is 2.10 bits per heavy atom. The lowest BCUT2D eigenvalue weighted by Crippen LogP contribution is -2.05. The number of hydrogen-bond acceptors (Lipinski definition) is 3. The van der Waals surface area contributed by atoms with Gasteiger partial charge in [-0.1, -0.05) is 15.9 Å². The molecule has 0 bridgehead atoms. The van der Waals surface area contributed by atoms with Gasteiger partial charge in [0.2, 0.25) is 0 Å². The molecule has 2 aromatic rings. The molecule has 3 nitrogen and oxygen atoms in total. The van der Waals surface area contributed by atoms with E-state index in [0.717, 1.165) is 4.47 Å². The zero-order valence-electron chi connectivity index (χ0n) is 11.3. The Hall–Kier alpha value is -2.19. The molecule has 0 aliphatic carbocycles. The van der Waals surface area contributed by atoms with E-state index >= 15 is 0 Å². The first kappa shape index (κ1) is 15.2. The summed E-state index contributed by atoms with van der Waals surface area (Å²) >= 11 is 3.29. The van der Waals surface area contributed by atoms with E-state index in [1.165, 1.54) is 13.0 Å². The smallest absolute Gasteiger partial charge is 0.159 e. The Morgan fingerprint density at radius 3 is 2.76 bits per heavy atom. The van der Waals surface area contributed by atoms with Gasteiger partial charge in [-0.15, -0.1) is 0 Å². The summed E-state index contributed by atoms with van der Waals surface area (Å²) < 4.78 is 14.5. The lowest BCUT2D eigenvalue weighted by atomic mass is 10.1. The second kappa shape index (κ2) is 6.51. The Morgan fingerprint density at radius 1 is 1.33 bits per heavy atom. The molecule has 0 saturated carbocycles. The van der Waals surface area contributed by atoms with Crippen molar-refractivity contribution in [3.8, 4) is 6.07 Å². The molecule has 5 heteroatoms. The molecular weight excluding hydrogens is 335 g/mol. The molecule has 2 rings (SSSR count). The maximum Gasteiger partial charge on any atom is 0.159 e. The highest BCUT2D eigenvalue weighted by molar-refractivity contribution is 9.10. The fourth-order valence-corrected chi connectivity index (χ4v) is 2.28. The highest BCUT2D eigenvalue weighted by Gasteiger charge is 2.08. The summed E-state index contributed by atoms with van der Waals surface area (Å²) in [4.78, 5) is 11.4. The average molecular weight is 347 g/mol. The van der Waals surface area contributed by atoms with Gasteiger partial charge in [0, 0.05) is 22.1 Å². The van der Waals surface area contributed by atoms with Crippen LogP contribution < -0.4 is 5.32 Å². The van der Waals surface area contributed by atoms with Crippen LogP contribution >= 0.6 is 15.9 Å². The van der Waals surface area contributed by atoms with Crippen LogP contribution in [0, 0.1) is 17.1 Å². The van der Waals surface area contributed by atoms with Gasteiger partial charge in [0.25, 0.3) is 0 Å². The quantitative estimate of drug-likeness (QED) is 0.840. The van der Waals surface area contributed by atoms with Crippen LogP contribution in [0.5, 0.6) is 0 Å². The molecule has 1 N–H and O–H groups in total. The van der Waals surface area contributed by atoms with Gasteiger partial charge in [0.1, 0.15) is 11.9 Å². The van der Waals surface area contributed by atoms with E-state index in [2.05, 4.69) is 21.2 Å². The van der Waals surface area contributed by atoms with Crippen LogP contribution in [0.2, 0.25) is 0 Å². The summed E-state index contributed by atoms with van der Waals surface area (Å²) in [6.45, 7) is 1.68. The molecule has 21 heavy (non-hydrogen) atoms. The van der Waals surface area contributed by atoms with Crippen LogP contribution in [0.3, 0.4) is 0 Å².